The molecule has 8 heteroatoms. The molecule has 2 aromatic rings. The Balaban J connectivity index is 1.57. The van der Waals surface area contributed by atoms with E-state index in [0.717, 1.165) is 16.2 Å². The van der Waals surface area contributed by atoms with Gasteiger partial charge in [-0.15, -0.1) is 11.8 Å². The van der Waals surface area contributed by atoms with Crippen molar-refractivity contribution in [2.24, 2.45) is 0 Å². The van der Waals surface area contributed by atoms with Crippen LogP contribution in [0.15, 0.2) is 58.3 Å². The lowest BCUT2D eigenvalue weighted by Gasteiger charge is -2.35. The van der Waals surface area contributed by atoms with Crippen LogP contribution in [0, 0.1) is 6.92 Å². The lowest BCUT2D eigenvalue weighted by molar-refractivity contribution is -0.131. The Bertz CT molecular complexity index is 936. The second-order valence-electron chi connectivity index (χ2n) is 6.98. The summed E-state index contributed by atoms with van der Waals surface area (Å²) in [7, 11) is -1.91. The molecule has 29 heavy (non-hydrogen) atoms. The number of thioether (sulfide) groups is 1. The highest BCUT2D eigenvalue weighted by Gasteiger charge is 2.31. The highest BCUT2D eigenvalue weighted by Crippen LogP contribution is 2.27. The van der Waals surface area contributed by atoms with Crippen LogP contribution in [-0.4, -0.2) is 62.1 Å². The van der Waals surface area contributed by atoms with Gasteiger partial charge in [-0.05, 0) is 50.2 Å². The second-order valence-corrected chi connectivity index (χ2v) is 10.3. The minimum Gasteiger partial charge on any atom is -0.497 e. The standard InChI is InChI=1S/C21H26N2O4S2/c1-16-4-10-20(11-5-16)29(25,26)23-14-12-22(13-15-23)21(24)17(2)28-19-8-6-18(27-3)7-9-19/h4-11,17H,12-15H2,1-3H3. The lowest BCUT2D eigenvalue weighted by Crippen LogP contribution is -2.52. The lowest BCUT2D eigenvalue weighted by atomic mass is 10.2. The van der Waals surface area contributed by atoms with Gasteiger partial charge in [-0.3, -0.25) is 4.79 Å². The number of nitrogens with zero attached hydrogens (tertiary/aromatic N) is 2. The van der Waals surface area contributed by atoms with Gasteiger partial charge in [0.05, 0.1) is 17.3 Å². The van der Waals surface area contributed by atoms with E-state index in [-0.39, 0.29) is 11.2 Å². The zero-order chi connectivity index (χ0) is 21.0. The molecule has 1 aliphatic rings. The van der Waals surface area contributed by atoms with Crippen LogP contribution in [0.5, 0.6) is 5.75 Å². The third-order valence-corrected chi connectivity index (χ3v) is 7.94. The van der Waals surface area contributed by atoms with E-state index in [0.29, 0.717) is 31.1 Å². The van der Waals surface area contributed by atoms with Gasteiger partial charge in [-0.1, -0.05) is 17.7 Å². The molecule has 0 aliphatic carbocycles. The summed E-state index contributed by atoms with van der Waals surface area (Å²) in [4.78, 5) is 15.8. The maximum atomic E-state index is 12.8. The van der Waals surface area contributed by atoms with Crippen molar-refractivity contribution >= 4 is 27.7 Å². The van der Waals surface area contributed by atoms with Crippen LogP contribution in [0.3, 0.4) is 0 Å². The Morgan fingerprint density at radius 2 is 1.59 bits per heavy atom. The molecule has 156 valence electrons. The summed E-state index contributed by atoms with van der Waals surface area (Å²) in [5, 5.41) is -0.247. The molecule has 0 radical (unpaired) electrons. The molecule has 0 bridgehead atoms. The largest absolute Gasteiger partial charge is 0.497 e. The number of hydrogen-bond acceptors (Lipinski definition) is 5. The fourth-order valence-electron chi connectivity index (χ4n) is 3.17. The van der Waals surface area contributed by atoms with Crippen molar-refractivity contribution in [2.45, 2.75) is 28.9 Å². The van der Waals surface area contributed by atoms with Crippen LogP contribution < -0.4 is 4.74 Å². The van der Waals surface area contributed by atoms with Gasteiger partial charge in [0.1, 0.15) is 5.75 Å². The second kappa shape index (κ2) is 9.19. The molecule has 1 aliphatic heterocycles. The average molecular weight is 435 g/mol. The first-order valence-corrected chi connectivity index (χ1v) is 11.8. The third kappa shape index (κ3) is 5.12. The molecule has 3 rings (SSSR count). The molecule has 0 spiro atoms. The summed E-state index contributed by atoms with van der Waals surface area (Å²) in [6.45, 7) is 5.22. The molecule has 0 aromatic heterocycles. The third-order valence-electron chi connectivity index (χ3n) is 4.93. The summed E-state index contributed by atoms with van der Waals surface area (Å²) >= 11 is 1.49. The minimum atomic E-state index is -3.53. The summed E-state index contributed by atoms with van der Waals surface area (Å²) < 4.78 is 32.2. The average Bonchev–Trinajstić information content (AvgIpc) is 2.74. The number of rotatable bonds is 6. The Kier molecular flexibility index (Phi) is 6.87. The summed E-state index contributed by atoms with van der Waals surface area (Å²) in [5.74, 6) is 0.803. The van der Waals surface area contributed by atoms with Crippen LogP contribution in [0.25, 0.3) is 0 Å². The van der Waals surface area contributed by atoms with E-state index >= 15 is 0 Å². The van der Waals surface area contributed by atoms with Crippen molar-refractivity contribution in [1.29, 1.82) is 0 Å². The highest BCUT2D eigenvalue weighted by atomic mass is 32.2. The Morgan fingerprint density at radius 3 is 2.14 bits per heavy atom. The molecule has 1 unspecified atom stereocenters. The van der Waals surface area contributed by atoms with Crippen LogP contribution in [-0.2, 0) is 14.8 Å². The first-order valence-electron chi connectivity index (χ1n) is 9.47. The van der Waals surface area contributed by atoms with Gasteiger partial charge in [-0.25, -0.2) is 8.42 Å². The van der Waals surface area contributed by atoms with Crippen molar-refractivity contribution < 1.29 is 17.9 Å². The van der Waals surface area contributed by atoms with E-state index in [1.165, 1.54) is 16.1 Å². The number of benzene rings is 2. The molecule has 1 heterocycles. The molecule has 1 amide bonds. The summed E-state index contributed by atoms with van der Waals surface area (Å²) in [6.07, 6.45) is 0. The van der Waals surface area contributed by atoms with Crippen molar-refractivity contribution in [3.05, 3.63) is 54.1 Å². The van der Waals surface area contributed by atoms with Gasteiger partial charge in [0.2, 0.25) is 15.9 Å². The SMILES string of the molecule is COc1ccc(SC(C)C(=O)N2CCN(S(=O)(=O)c3ccc(C)cc3)CC2)cc1. The van der Waals surface area contributed by atoms with Crippen molar-refractivity contribution in [3.8, 4) is 5.75 Å². The number of carbonyl (C=O) groups excluding carboxylic acids is 1. The van der Waals surface area contributed by atoms with Gasteiger partial charge in [0.25, 0.3) is 0 Å². The number of sulfonamides is 1. The van der Waals surface area contributed by atoms with Crippen LogP contribution in [0.2, 0.25) is 0 Å². The van der Waals surface area contributed by atoms with E-state index in [1.807, 2.05) is 38.1 Å². The van der Waals surface area contributed by atoms with Gasteiger partial charge in [-0.2, -0.15) is 4.31 Å². The number of amides is 1. The normalized spacial score (nSPS) is 16.4. The first kappa shape index (κ1) is 21.7. The monoisotopic (exact) mass is 434 g/mol. The van der Waals surface area contributed by atoms with E-state index in [9.17, 15) is 13.2 Å². The van der Waals surface area contributed by atoms with E-state index in [1.54, 1.807) is 36.3 Å². The van der Waals surface area contributed by atoms with Crippen LogP contribution in [0.4, 0.5) is 0 Å². The molecular weight excluding hydrogens is 408 g/mol. The summed E-state index contributed by atoms with van der Waals surface area (Å²) in [5.41, 5.74) is 1.02. The zero-order valence-corrected chi connectivity index (χ0v) is 18.5. The first-order chi connectivity index (χ1) is 13.8. The zero-order valence-electron chi connectivity index (χ0n) is 16.9. The van der Waals surface area contributed by atoms with Crippen molar-refractivity contribution in [1.82, 2.24) is 9.21 Å². The molecule has 1 saturated heterocycles. The predicted molar refractivity (Wildman–Crippen MR) is 115 cm³/mol. The smallest absolute Gasteiger partial charge is 0.243 e. The van der Waals surface area contributed by atoms with E-state index in [4.69, 9.17) is 4.74 Å². The molecule has 1 atom stereocenters. The van der Waals surface area contributed by atoms with Crippen LogP contribution >= 0.6 is 11.8 Å². The number of aryl methyl sites for hydroxylation is 1. The molecule has 1 fully saturated rings. The number of piperazine rings is 1. The maximum Gasteiger partial charge on any atom is 0.243 e. The van der Waals surface area contributed by atoms with Gasteiger partial charge in [0.15, 0.2) is 0 Å². The fraction of sp³-hybridized carbons (Fsp3) is 0.381. The molecule has 0 saturated carbocycles. The number of carbonyl (C=O) groups is 1. The fourth-order valence-corrected chi connectivity index (χ4v) is 5.55. The predicted octanol–water partition coefficient (Wildman–Crippen LogP) is 3.02. The minimum absolute atomic E-state index is 0.0261. The van der Waals surface area contributed by atoms with Gasteiger partial charge in [0, 0.05) is 31.1 Å². The van der Waals surface area contributed by atoms with Crippen LogP contribution in [0.1, 0.15) is 12.5 Å². The number of methoxy groups -OCH3 is 1. The maximum absolute atomic E-state index is 12.8. The number of ether oxygens (including phenoxy) is 1. The topological polar surface area (TPSA) is 66.9 Å². The quantitative estimate of drug-likeness (QED) is 0.654. The highest BCUT2D eigenvalue weighted by molar-refractivity contribution is 8.00. The van der Waals surface area contributed by atoms with Crippen molar-refractivity contribution in [3.63, 3.8) is 0 Å². The van der Waals surface area contributed by atoms with Crippen molar-refractivity contribution in [2.75, 3.05) is 33.3 Å². The van der Waals surface area contributed by atoms with E-state index in [2.05, 4.69) is 0 Å². The van der Waals surface area contributed by atoms with Gasteiger partial charge >= 0.3 is 0 Å². The Morgan fingerprint density at radius 1 is 1.00 bits per heavy atom. The molecule has 2 aromatic carbocycles. The summed E-state index contributed by atoms with van der Waals surface area (Å²) in [6, 6.07) is 14.5. The molecule has 0 N–H and O–H groups in total. The Labute approximate surface area is 176 Å². The number of hydrogen-bond donors (Lipinski definition) is 0. The van der Waals surface area contributed by atoms with Gasteiger partial charge < -0.3 is 9.64 Å². The van der Waals surface area contributed by atoms with E-state index < -0.39 is 10.0 Å². The molecule has 6 nitrogen and oxygen atoms in total. The molecular formula is C21H26N2O4S2. The Hall–Kier alpha value is -2.03.